The van der Waals surface area contributed by atoms with Gasteiger partial charge in [0.2, 0.25) is 0 Å². The minimum Gasteiger partial charge on any atom is -0.309 e. The van der Waals surface area contributed by atoms with Crippen LogP contribution in [0.4, 0.5) is 34.1 Å². The summed E-state index contributed by atoms with van der Waals surface area (Å²) in [6.45, 7) is 9.12. The molecule has 2 nitrogen and oxygen atoms in total. The van der Waals surface area contributed by atoms with E-state index in [4.69, 9.17) is 0 Å². The zero-order valence-corrected chi connectivity index (χ0v) is 55.5. The summed E-state index contributed by atoms with van der Waals surface area (Å²) in [6.07, 6.45) is 0. The van der Waals surface area contributed by atoms with Gasteiger partial charge in [-0.3, -0.25) is 0 Å². The van der Waals surface area contributed by atoms with Crippen molar-refractivity contribution >= 4 is 160 Å². The number of anilines is 6. The highest BCUT2D eigenvalue weighted by Gasteiger charge is 2.26. The third-order valence-corrected chi connectivity index (χ3v) is 23.9. The highest BCUT2D eigenvalue weighted by atomic mass is 32.1. The first-order chi connectivity index (χ1) is 46.2. The SMILES string of the molecule is Cc1cc(-c2ccc(N(c3ccc(-c4ccc5sc6ccccc6c5c4)cc3)c3c(C)cccc3-c3cccc4c3sc3ccccc34)c(C)c2)ccc1N(c1ccc(-c2ccc3sc4ccccc4c3c2)cc1)c1c(C)cccc1-c1cccc2c1sc1ccccc12. The maximum absolute atomic E-state index is 2.52. The van der Waals surface area contributed by atoms with Crippen LogP contribution in [0.3, 0.4) is 0 Å². The summed E-state index contributed by atoms with van der Waals surface area (Å²) < 4.78 is 10.5. The number of hydrogen-bond acceptors (Lipinski definition) is 6. The second kappa shape index (κ2) is 22.7. The van der Waals surface area contributed by atoms with Gasteiger partial charge in [-0.1, -0.05) is 194 Å². The van der Waals surface area contributed by atoms with Crippen LogP contribution in [0, 0.1) is 27.7 Å². The van der Waals surface area contributed by atoms with Crippen LogP contribution in [0.2, 0.25) is 0 Å². The van der Waals surface area contributed by atoms with Gasteiger partial charge in [0.05, 0.1) is 11.4 Å². The molecule has 0 aliphatic carbocycles. The maximum Gasteiger partial charge on any atom is 0.0569 e. The van der Waals surface area contributed by atoms with Crippen molar-refractivity contribution < 1.29 is 0 Å². The van der Waals surface area contributed by atoms with Gasteiger partial charge < -0.3 is 9.80 Å². The van der Waals surface area contributed by atoms with Gasteiger partial charge in [-0.2, -0.15) is 0 Å². The van der Waals surface area contributed by atoms with E-state index in [2.05, 4.69) is 329 Å². The van der Waals surface area contributed by atoms with Crippen LogP contribution in [-0.2, 0) is 0 Å². The van der Waals surface area contributed by atoms with E-state index in [1.54, 1.807) is 0 Å². The van der Waals surface area contributed by atoms with Crippen molar-refractivity contribution in [2.24, 2.45) is 0 Å². The van der Waals surface area contributed by atoms with Gasteiger partial charge in [0, 0.05) is 126 Å². The monoisotopic (exact) mass is 1270 g/mol. The fourth-order valence-corrected chi connectivity index (χ4v) is 19.3. The van der Waals surface area contributed by atoms with Crippen molar-refractivity contribution in [2.75, 3.05) is 9.80 Å². The fourth-order valence-electron chi connectivity index (χ4n) is 14.6. The molecule has 0 radical (unpaired) electrons. The number of nitrogens with zero attached hydrogens (tertiary/aromatic N) is 2. The molecule has 94 heavy (non-hydrogen) atoms. The first-order valence-electron chi connectivity index (χ1n) is 32.1. The third kappa shape index (κ3) is 9.38. The van der Waals surface area contributed by atoms with E-state index in [0.717, 1.165) is 22.7 Å². The number of hydrogen-bond donors (Lipinski definition) is 0. The zero-order chi connectivity index (χ0) is 62.7. The summed E-state index contributed by atoms with van der Waals surface area (Å²) in [5, 5.41) is 10.4. The Hall–Kier alpha value is -10.4. The molecule has 0 saturated carbocycles. The highest BCUT2D eigenvalue weighted by Crippen LogP contribution is 2.52. The number of aryl methyl sites for hydroxylation is 4. The van der Waals surface area contributed by atoms with Crippen molar-refractivity contribution in [3.05, 3.63) is 313 Å². The Morgan fingerprint density at radius 1 is 0.213 bits per heavy atom. The Labute approximate surface area is 562 Å². The minimum absolute atomic E-state index is 1.10. The zero-order valence-electron chi connectivity index (χ0n) is 52.2. The molecule has 4 aromatic heterocycles. The smallest absolute Gasteiger partial charge is 0.0569 e. The Kier molecular flexibility index (Phi) is 13.6. The highest BCUT2D eigenvalue weighted by molar-refractivity contribution is 7.27. The van der Waals surface area contributed by atoms with Gasteiger partial charge in [0.15, 0.2) is 0 Å². The maximum atomic E-state index is 2.52. The average Bonchev–Trinajstić information content (AvgIpc) is 1.34. The van der Waals surface area contributed by atoms with Crippen LogP contribution in [0.5, 0.6) is 0 Å². The first kappa shape index (κ1) is 56.3. The molecule has 4 heterocycles. The Balaban J connectivity index is 0.760. The van der Waals surface area contributed by atoms with Crippen molar-refractivity contribution in [1.82, 2.24) is 0 Å². The van der Waals surface area contributed by atoms with E-state index in [-0.39, 0.29) is 0 Å². The summed E-state index contributed by atoms with van der Waals surface area (Å²) in [6, 6.07) is 109. The van der Waals surface area contributed by atoms with E-state index >= 15 is 0 Å². The van der Waals surface area contributed by atoms with E-state index in [9.17, 15) is 0 Å². The number of thiophene rings is 4. The number of fused-ring (bicyclic) bond motifs is 12. The topological polar surface area (TPSA) is 6.48 Å². The van der Waals surface area contributed by atoms with Crippen LogP contribution < -0.4 is 9.80 Å². The van der Waals surface area contributed by atoms with Gasteiger partial charge in [0.1, 0.15) is 0 Å². The summed E-state index contributed by atoms with van der Waals surface area (Å²) in [7, 11) is 0. The fraction of sp³-hybridized carbons (Fsp3) is 0.0455. The number of benzene rings is 14. The molecular weight excluding hydrogens is 1210 g/mol. The lowest BCUT2D eigenvalue weighted by molar-refractivity contribution is 1.22. The van der Waals surface area contributed by atoms with Crippen molar-refractivity contribution in [1.29, 1.82) is 0 Å². The van der Waals surface area contributed by atoms with Crippen LogP contribution >= 0.6 is 45.3 Å². The van der Waals surface area contributed by atoms with E-state index in [1.807, 2.05) is 45.3 Å². The predicted molar refractivity (Wildman–Crippen MR) is 413 cm³/mol. The second-order valence-corrected chi connectivity index (χ2v) is 29.2. The molecule has 0 amide bonds. The first-order valence-corrected chi connectivity index (χ1v) is 35.4. The van der Waals surface area contributed by atoms with Crippen LogP contribution in [0.15, 0.2) is 291 Å². The molecule has 6 heteroatoms. The summed E-state index contributed by atoms with van der Waals surface area (Å²) in [4.78, 5) is 5.04. The van der Waals surface area contributed by atoms with E-state index in [0.29, 0.717) is 0 Å². The number of para-hydroxylation sites is 2. The Morgan fingerprint density at radius 2 is 0.521 bits per heavy atom. The Morgan fingerprint density at radius 3 is 0.926 bits per heavy atom. The lowest BCUT2D eigenvalue weighted by Crippen LogP contribution is -2.14. The Bertz CT molecular complexity index is 5680. The van der Waals surface area contributed by atoms with Crippen LogP contribution in [-0.4, -0.2) is 0 Å². The molecule has 18 rings (SSSR count). The van der Waals surface area contributed by atoms with E-state index in [1.165, 1.54) is 170 Å². The molecule has 0 atom stereocenters. The van der Waals surface area contributed by atoms with Crippen LogP contribution in [0.25, 0.3) is 136 Å². The minimum atomic E-state index is 1.10. The third-order valence-electron chi connectivity index (χ3n) is 19.2. The second-order valence-electron chi connectivity index (χ2n) is 24.9. The van der Waals surface area contributed by atoms with Crippen LogP contribution in [0.1, 0.15) is 22.3 Å². The molecule has 0 aliphatic heterocycles. The van der Waals surface area contributed by atoms with Crippen molar-refractivity contribution in [3.63, 3.8) is 0 Å². The molecule has 0 saturated heterocycles. The van der Waals surface area contributed by atoms with Crippen molar-refractivity contribution in [3.8, 4) is 55.6 Å². The molecule has 14 aromatic carbocycles. The van der Waals surface area contributed by atoms with Gasteiger partial charge in [-0.05, 0) is 180 Å². The molecule has 446 valence electrons. The largest absolute Gasteiger partial charge is 0.309 e. The molecule has 18 aromatic rings. The van der Waals surface area contributed by atoms with Crippen molar-refractivity contribution in [2.45, 2.75) is 27.7 Å². The molecular formula is C88H60N2S4. The lowest BCUT2D eigenvalue weighted by atomic mass is 9.94. The van der Waals surface area contributed by atoms with Gasteiger partial charge in [0.25, 0.3) is 0 Å². The molecule has 0 N–H and O–H groups in total. The molecule has 0 bridgehead atoms. The molecule has 0 fully saturated rings. The number of rotatable bonds is 11. The standard InChI is InChI=1S/C88H60N2S4/c1-53-17-13-23-69(73-27-15-25-71-65-19-5-11-31-81(65)93-87(71)73)85(53)89(63-41-33-57(34-42-63)61-39-47-83-75(51-61)67-21-7-9-29-79(67)91-83)77-45-37-59(49-55(77)3)60-38-46-78(56(4)50-60)90(64-43-35-58(36-44-64)62-40-48-84-76(52-62)68-22-8-10-30-80(68)92-84)86-54(2)18-14-24-70(86)74-28-16-26-72-66-20-6-12-32-82(66)94-88(72)74/h5-52H,1-4H3. The summed E-state index contributed by atoms with van der Waals surface area (Å²) in [5.74, 6) is 0. The molecule has 0 spiro atoms. The summed E-state index contributed by atoms with van der Waals surface area (Å²) in [5.41, 5.74) is 23.6. The van der Waals surface area contributed by atoms with Gasteiger partial charge in [-0.15, -0.1) is 45.3 Å². The predicted octanol–water partition coefficient (Wildman–Crippen LogP) is 27.7. The molecule has 0 aliphatic rings. The average molecular weight is 1270 g/mol. The lowest BCUT2D eigenvalue weighted by Gasteiger charge is -2.32. The van der Waals surface area contributed by atoms with Gasteiger partial charge in [-0.25, -0.2) is 0 Å². The normalized spacial score (nSPS) is 11.8. The quantitative estimate of drug-likeness (QED) is 0.127. The van der Waals surface area contributed by atoms with E-state index < -0.39 is 0 Å². The van der Waals surface area contributed by atoms with Gasteiger partial charge >= 0.3 is 0 Å². The summed E-state index contributed by atoms with van der Waals surface area (Å²) >= 11 is 7.50. The molecule has 0 unspecified atom stereocenters.